The molecule has 0 fully saturated rings. The van der Waals surface area contributed by atoms with Crippen LogP contribution in [0.4, 0.5) is 0 Å². The smallest absolute Gasteiger partial charge is 0.131 e. The molecule has 1 aliphatic carbocycles. The van der Waals surface area contributed by atoms with E-state index in [1.165, 1.54) is 52.1 Å². The van der Waals surface area contributed by atoms with Crippen LogP contribution in [0.15, 0.2) is 65.1 Å². The summed E-state index contributed by atoms with van der Waals surface area (Å²) >= 11 is 3.60. The van der Waals surface area contributed by atoms with Crippen molar-refractivity contribution in [3.8, 4) is 11.5 Å². The minimum atomic E-state index is 0.610. The first-order chi connectivity index (χ1) is 15.2. The summed E-state index contributed by atoms with van der Waals surface area (Å²) in [7, 11) is 3.48. The molecule has 158 valence electrons. The fourth-order valence-electron chi connectivity index (χ4n) is 5.30. The summed E-state index contributed by atoms with van der Waals surface area (Å²) in [6, 6.07) is 21.9. The number of rotatable bonds is 5. The van der Waals surface area contributed by atoms with Crippen molar-refractivity contribution in [1.82, 2.24) is 0 Å². The Hall–Kier alpha value is -2.52. The molecule has 4 aromatic rings. The lowest BCUT2D eigenvalue weighted by Crippen LogP contribution is -2.11. The van der Waals surface area contributed by atoms with Crippen molar-refractivity contribution in [1.29, 1.82) is 0 Å². The molecule has 0 heterocycles. The largest absolute Gasteiger partial charge is 0.496 e. The highest BCUT2D eigenvalue weighted by Gasteiger charge is 2.23. The maximum Gasteiger partial charge on any atom is 0.131 e. The van der Waals surface area contributed by atoms with E-state index in [1.54, 1.807) is 14.2 Å². The molecule has 0 bridgehead atoms. The lowest BCUT2D eigenvalue weighted by molar-refractivity contribution is 0.405. The van der Waals surface area contributed by atoms with Gasteiger partial charge < -0.3 is 9.47 Å². The number of fused-ring (bicyclic) bond motifs is 5. The zero-order valence-corrected chi connectivity index (χ0v) is 19.7. The maximum absolute atomic E-state index is 5.83. The minimum Gasteiger partial charge on any atom is -0.496 e. The van der Waals surface area contributed by atoms with Crippen LogP contribution < -0.4 is 9.47 Å². The fraction of sp³-hybridized carbons (Fsp3) is 0.286. The summed E-state index contributed by atoms with van der Waals surface area (Å²) in [5.74, 6) is 2.37. The van der Waals surface area contributed by atoms with Gasteiger partial charge in [-0.3, -0.25) is 0 Å². The van der Waals surface area contributed by atoms with Crippen LogP contribution in [0.3, 0.4) is 0 Å². The van der Waals surface area contributed by atoms with Gasteiger partial charge in [0, 0.05) is 4.47 Å². The van der Waals surface area contributed by atoms with Gasteiger partial charge in [0.15, 0.2) is 0 Å². The molecular formula is C28H27BrO2. The summed E-state index contributed by atoms with van der Waals surface area (Å²) in [4.78, 5) is 0. The predicted molar refractivity (Wildman–Crippen MR) is 133 cm³/mol. The van der Waals surface area contributed by atoms with Crippen molar-refractivity contribution in [2.75, 3.05) is 14.2 Å². The second-order valence-corrected chi connectivity index (χ2v) is 9.36. The van der Waals surface area contributed by atoms with Gasteiger partial charge in [0.05, 0.1) is 19.6 Å². The van der Waals surface area contributed by atoms with E-state index >= 15 is 0 Å². The van der Waals surface area contributed by atoms with Crippen LogP contribution in [0.5, 0.6) is 11.5 Å². The van der Waals surface area contributed by atoms with E-state index in [-0.39, 0.29) is 0 Å². The van der Waals surface area contributed by atoms with Crippen LogP contribution in [0, 0.1) is 0 Å². The van der Waals surface area contributed by atoms with E-state index < -0.39 is 0 Å². The van der Waals surface area contributed by atoms with Crippen LogP contribution in [0.2, 0.25) is 0 Å². The average Bonchev–Trinajstić information content (AvgIpc) is 2.81. The first-order valence-corrected chi connectivity index (χ1v) is 11.8. The molecule has 0 aromatic heterocycles. The van der Waals surface area contributed by atoms with Gasteiger partial charge in [-0.25, -0.2) is 0 Å². The molecule has 0 N–H and O–H groups in total. The van der Waals surface area contributed by atoms with E-state index in [2.05, 4.69) is 70.5 Å². The predicted octanol–water partition coefficient (Wildman–Crippen LogP) is 7.83. The number of aryl methyl sites for hydroxylation is 2. The van der Waals surface area contributed by atoms with E-state index in [1.807, 2.05) is 6.07 Å². The molecule has 1 atom stereocenters. The Kier molecular flexibility index (Phi) is 5.62. The molecule has 1 unspecified atom stereocenters. The van der Waals surface area contributed by atoms with Crippen LogP contribution in [0.25, 0.3) is 21.5 Å². The summed E-state index contributed by atoms with van der Waals surface area (Å²) < 4.78 is 12.6. The highest BCUT2D eigenvalue weighted by molar-refractivity contribution is 9.10. The SMILES string of the molecule is COc1cccc2c1c(OC)cc1c3c(ccc12)C(CCc1cccc(Br)c1)CCC3. The van der Waals surface area contributed by atoms with Crippen molar-refractivity contribution in [3.63, 3.8) is 0 Å². The Morgan fingerprint density at radius 3 is 2.52 bits per heavy atom. The summed E-state index contributed by atoms with van der Waals surface area (Å²) in [6.07, 6.45) is 5.95. The van der Waals surface area contributed by atoms with Gasteiger partial charge >= 0.3 is 0 Å². The number of halogens is 1. The van der Waals surface area contributed by atoms with Crippen LogP contribution in [0.1, 0.15) is 41.9 Å². The number of methoxy groups -OCH3 is 2. The lowest BCUT2D eigenvalue weighted by Gasteiger charge is -2.27. The maximum atomic E-state index is 5.83. The normalized spacial score (nSPS) is 15.8. The van der Waals surface area contributed by atoms with Crippen molar-refractivity contribution in [3.05, 3.63) is 81.8 Å². The van der Waals surface area contributed by atoms with Gasteiger partial charge in [-0.15, -0.1) is 0 Å². The molecule has 31 heavy (non-hydrogen) atoms. The second-order valence-electron chi connectivity index (χ2n) is 8.45. The first kappa shape index (κ1) is 20.4. The van der Waals surface area contributed by atoms with E-state index in [9.17, 15) is 0 Å². The third-order valence-electron chi connectivity index (χ3n) is 6.76. The summed E-state index contributed by atoms with van der Waals surface area (Å²) in [5.41, 5.74) is 4.44. The van der Waals surface area contributed by atoms with Gasteiger partial charge in [0.2, 0.25) is 0 Å². The lowest BCUT2D eigenvalue weighted by atomic mass is 9.77. The molecule has 4 aromatic carbocycles. The number of hydrogen-bond donors (Lipinski definition) is 0. The van der Waals surface area contributed by atoms with Crippen molar-refractivity contribution in [2.45, 2.75) is 38.0 Å². The van der Waals surface area contributed by atoms with Gasteiger partial charge in [0.1, 0.15) is 11.5 Å². The Morgan fingerprint density at radius 1 is 0.871 bits per heavy atom. The first-order valence-electron chi connectivity index (χ1n) is 11.0. The second kappa shape index (κ2) is 8.55. The van der Waals surface area contributed by atoms with Gasteiger partial charge in [0.25, 0.3) is 0 Å². The van der Waals surface area contributed by atoms with Gasteiger partial charge in [-0.1, -0.05) is 52.3 Å². The van der Waals surface area contributed by atoms with Crippen LogP contribution >= 0.6 is 15.9 Å². The molecule has 0 radical (unpaired) electrons. The molecule has 0 amide bonds. The Balaban J connectivity index is 1.59. The van der Waals surface area contributed by atoms with E-state index in [0.29, 0.717) is 5.92 Å². The Morgan fingerprint density at radius 2 is 1.71 bits per heavy atom. The molecule has 2 nitrogen and oxygen atoms in total. The highest BCUT2D eigenvalue weighted by atomic mass is 79.9. The van der Waals surface area contributed by atoms with Gasteiger partial charge in [-0.05, 0) is 95.1 Å². The number of benzene rings is 4. The standard InChI is InChI=1S/C28H27BrO2/c1-30-26-11-5-10-24-23-15-14-21-19(13-12-18-6-3-8-20(29)16-18)7-4-9-22(21)25(23)17-27(31-2)28(24)26/h3,5-6,8,10-11,14-17,19H,4,7,9,12-13H2,1-2H3. The minimum absolute atomic E-state index is 0.610. The molecule has 0 saturated carbocycles. The molecule has 1 aliphatic rings. The van der Waals surface area contributed by atoms with Crippen LogP contribution in [-0.4, -0.2) is 14.2 Å². The molecule has 0 spiro atoms. The monoisotopic (exact) mass is 474 g/mol. The zero-order valence-electron chi connectivity index (χ0n) is 18.1. The van der Waals surface area contributed by atoms with Crippen molar-refractivity contribution >= 4 is 37.5 Å². The molecule has 5 rings (SSSR count). The number of hydrogen-bond acceptors (Lipinski definition) is 2. The topological polar surface area (TPSA) is 18.5 Å². The molecule has 0 saturated heterocycles. The van der Waals surface area contributed by atoms with Crippen molar-refractivity contribution in [2.24, 2.45) is 0 Å². The summed E-state index contributed by atoms with van der Waals surface area (Å²) in [6.45, 7) is 0. The third kappa shape index (κ3) is 3.70. The quantitative estimate of drug-likeness (QED) is 0.274. The van der Waals surface area contributed by atoms with Gasteiger partial charge in [-0.2, -0.15) is 0 Å². The average molecular weight is 475 g/mol. The van der Waals surface area contributed by atoms with E-state index in [0.717, 1.165) is 34.2 Å². The van der Waals surface area contributed by atoms with Crippen LogP contribution in [-0.2, 0) is 12.8 Å². The molecule has 3 heteroatoms. The van der Waals surface area contributed by atoms with E-state index in [4.69, 9.17) is 9.47 Å². The molecular weight excluding hydrogens is 448 g/mol. The van der Waals surface area contributed by atoms with Crippen molar-refractivity contribution < 1.29 is 9.47 Å². The zero-order chi connectivity index (χ0) is 21.4. The Labute approximate surface area is 192 Å². The third-order valence-corrected chi connectivity index (χ3v) is 7.25. The fourth-order valence-corrected chi connectivity index (χ4v) is 5.75. The summed E-state index contributed by atoms with van der Waals surface area (Å²) in [5, 5.41) is 4.89. The number of ether oxygens (including phenoxy) is 2. The Bertz CT molecular complexity index is 1260. The molecule has 0 aliphatic heterocycles. The highest BCUT2D eigenvalue weighted by Crippen LogP contribution is 2.44.